The van der Waals surface area contributed by atoms with Gasteiger partial charge in [-0.25, -0.2) is 0 Å². The minimum absolute atomic E-state index is 0.0407. The van der Waals surface area contributed by atoms with Crippen LogP contribution in [0.15, 0.2) is 30.9 Å². The first kappa shape index (κ1) is 23.0. The van der Waals surface area contributed by atoms with Crippen LogP contribution in [0, 0.1) is 23.2 Å². The highest BCUT2D eigenvalue weighted by atomic mass is 19.4. The number of ether oxygens (including phenoxy) is 2. The lowest BCUT2D eigenvalue weighted by Crippen LogP contribution is -2.55. The van der Waals surface area contributed by atoms with Crippen molar-refractivity contribution in [3.05, 3.63) is 42.0 Å². The first-order chi connectivity index (χ1) is 14.4. The second-order valence-corrected chi connectivity index (χ2v) is 8.29. The summed E-state index contributed by atoms with van der Waals surface area (Å²) >= 11 is 0. The zero-order valence-electron chi connectivity index (χ0n) is 17.4. The van der Waals surface area contributed by atoms with Crippen LogP contribution in [0.3, 0.4) is 0 Å². The first-order valence-corrected chi connectivity index (χ1v) is 9.70. The molecule has 2 heterocycles. The largest absolute Gasteiger partial charge is 0.417 e. The molecule has 1 amide bonds. The summed E-state index contributed by atoms with van der Waals surface area (Å²) in [5.41, 5.74) is -3.77. The molecule has 31 heavy (non-hydrogen) atoms. The normalized spacial score (nSPS) is 31.8. The monoisotopic (exact) mass is 436 g/mol. The second-order valence-electron chi connectivity index (χ2n) is 8.29. The number of nitriles is 1. The zero-order valence-corrected chi connectivity index (χ0v) is 17.4. The molecule has 9 heteroatoms. The topological polar surface area (TPSA) is 79.6 Å². The molecule has 0 saturated carbocycles. The van der Waals surface area contributed by atoms with Crippen molar-refractivity contribution in [2.45, 2.75) is 43.8 Å². The third kappa shape index (κ3) is 3.64. The molecule has 0 spiro atoms. The van der Waals surface area contributed by atoms with Gasteiger partial charge in [0.2, 0.25) is 5.91 Å². The van der Waals surface area contributed by atoms with Crippen molar-refractivity contribution < 1.29 is 32.2 Å². The van der Waals surface area contributed by atoms with E-state index in [0.717, 1.165) is 17.0 Å². The number of hydrogen-bond donors (Lipinski definition) is 0. The van der Waals surface area contributed by atoms with Crippen LogP contribution in [0.4, 0.5) is 18.9 Å². The summed E-state index contributed by atoms with van der Waals surface area (Å²) in [6.07, 6.45) is -2.60. The highest BCUT2D eigenvalue weighted by molar-refractivity contribution is 5.97. The predicted molar refractivity (Wildman–Crippen MR) is 105 cm³/mol. The van der Waals surface area contributed by atoms with E-state index in [1.165, 1.54) is 19.2 Å². The summed E-state index contributed by atoms with van der Waals surface area (Å²) in [6.45, 7) is 7.26. The van der Waals surface area contributed by atoms with Crippen molar-refractivity contribution in [3.63, 3.8) is 0 Å². The van der Waals surface area contributed by atoms with Gasteiger partial charge in [0.15, 0.2) is 0 Å². The first-order valence-electron chi connectivity index (χ1n) is 9.70. The van der Waals surface area contributed by atoms with E-state index in [4.69, 9.17) is 14.7 Å². The number of carbonyl (C=O) groups is 2. The summed E-state index contributed by atoms with van der Waals surface area (Å²) in [5, 5.41) is 8.99. The van der Waals surface area contributed by atoms with E-state index in [9.17, 15) is 22.8 Å². The van der Waals surface area contributed by atoms with Crippen LogP contribution in [0.2, 0.25) is 0 Å². The Morgan fingerprint density at radius 2 is 2.13 bits per heavy atom. The maximum atomic E-state index is 13.5. The fourth-order valence-electron chi connectivity index (χ4n) is 4.80. The number of anilines is 1. The molecule has 0 aliphatic carbocycles. The molecule has 0 radical (unpaired) electrons. The van der Waals surface area contributed by atoms with Gasteiger partial charge in [0, 0.05) is 19.2 Å². The van der Waals surface area contributed by atoms with Crippen LogP contribution in [0.25, 0.3) is 0 Å². The van der Waals surface area contributed by atoms with Crippen LogP contribution >= 0.6 is 0 Å². The molecular weight excluding hydrogens is 413 g/mol. The number of aldehydes is 1. The third-order valence-electron chi connectivity index (χ3n) is 6.34. The highest BCUT2D eigenvalue weighted by Gasteiger charge is 2.70. The second kappa shape index (κ2) is 7.77. The summed E-state index contributed by atoms with van der Waals surface area (Å²) in [5.74, 6) is -2.29. The van der Waals surface area contributed by atoms with Gasteiger partial charge >= 0.3 is 6.18 Å². The average Bonchev–Trinajstić information content (AvgIpc) is 3.11. The molecule has 166 valence electrons. The molecule has 5 atom stereocenters. The minimum Gasteiger partial charge on any atom is -0.371 e. The molecule has 3 rings (SSSR count). The minimum atomic E-state index is -4.76. The Balaban J connectivity index is 1.99. The number of hydrogen-bond acceptors (Lipinski definition) is 5. The average molecular weight is 436 g/mol. The van der Waals surface area contributed by atoms with Crippen LogP contribution in [-0.2, 0) is 25.2 Å². The molecule has 1 aromatic rings. The standard InChI is InChI=1S/C22H23F3N2O4/c1-5-8-30-17-10-20(2)16(12-28)18(21(17,3)31-20)19(29)27(4)14-7-6-13(11-26)15(9-14)22(23,24)25/h5-7,9,12,16-18H,1,8,10H2,2-4H3/t16-,17?,18-,20?,21?/m1/s1. The Kier molecular flexibility index (Phi) is 5.76. The maximum absolute atomic E-state index is 13.5. The number of alkyl halides is 3. The smallest absolute Gasteiger partial charge is 0.371 e. The molecule has 6 nitrogen and oxygen atoms in total. The number of carbonyl (C=O) groups excluding carboxylic acids is 2. The van der Waals surface area contributed by atoms with E-state index in [0.29, 0.717) is 12.7 Å². The van der Waals surface area contributed by atoms with Crippen molar-refractivity contribution in [1.29, 1.82) is 5.26 Å². The Bertz CT molecular complexity index is 957. The molecule has 2 aliphatic heterocycles. The molecule has 1 aromatic carbocycles. The van der Waals surface area contributed by atoms with E-state index in [2.05, 4.69) is 6.58 Å². The van der Waals surface area contributed by atoms with Gasteiger partial charge in [0.25, 0.3) is 0 Å². The van der Waals surface area contributed by atoms with Gasteiger partial charge in [0.1, 0.15) is 11.9 Å². The number of nitrogens with zero attached hydrogens (tertiary/aromatic N) is 2. The molecule has 2 bridgehead atoms. The maximum Gasteiger partial charge on any atom is 0.417 e. The van der Waals surface area contributed by atoms with E-state index in [-0.39, 0.29) is 12.3 Å². The molecule has 2 fully saturated rings. The van der Waals surface area contributed by atoms with Crippen LogP contribution in [0.1, 0.15) is 31.4 Å². The van der Waals surface area contributed by atoms with Gasteiger partial charge < -0.3 is 19.2 Å². The lowest BCUT2D eigenvalue weighted by molar-refractivity contribution is -0.139. The summed E-state index contributed by atoms with van der Waals surface area (Å²) in [6, 6.07) is 4.57. The third-order valence-corrected chi connectivity index (χ3v) is 6.34. The van der Waals surface area contributed by atoms with Gasteiger partial charge in [-0.05, 0) is 32.0 Å². The van der Waals surface area contributed by atoms with Crippen LogP contribution in [0.5, 0.6) is 0 Å². The molecule has 2 aliphatic rings. The summed E-state index contributed by atoms with van der Waals surface area (Å²) in [7, 11) is 1.34. The van der Waals surface area contributed by atoms with Crippen molar-refractivity contribution >= 4 is 17.9 Å². The van der Waals surface area contributed by atoms with Crippen molar-refractivity contribution in [2.24, 2.45) is 11.8 Å². The van der Waals surface area contributed by atoms with Gasteiger partial charge in [0.05, 0.1) is 47.3 Å². The van der Waals surface area contributed by atoms with E-state index in [1.54, 1.807) is 19.9 Å². The fourth-order valence-corrected chi connectivity index (χ4v) is 4.80. The Labute approximate surface area is 178 Å². The number of rotatable bonds is 6. The molecule has 2 saturated heterocycles. The van der Waals surface area contributed by atoms with Gasteiger partial charge in [-0.2, -0.15) is 18.4 Å². The molecule has 0 N–H and O–H groups in total. The Hall–Kier alpha value is -2.70. The van der Waals surface area contributed by atoms with Crippen molar-refractivity contribution in [2.75, 3.05) is 18.6 Å². The lowest BCUT2D eigenvalue weighted by Gasteiger charge is -2.39. The molecular formula is C22H23F3N2O4. The van der Waals surface area contributed by atoms with E-state index in [1.807, 2.05) is 0 Å². The van der Waals surface area contributed by atoms with Gasteiger partial charge in [-0.1, -0.05) is 6.08 Å². The zero-order chi connectivity index (χ0) is 23.2. The molecule has 3 unspecified atom stereocenters. The molecule has 0 aromatic heterocycles. The van der Waals surface area contributed by atoms with Gasteiger partial charge in [-0.15, -0.1) is 6.58 Å². The fraction of sp³-hybridized carbons (Fsp3) is 0.500. The number of fused-ring (bicyclic) bond motifs is 2. The van der Waals surface area contributed by atoms with Crippen molar-refractivity contribution in [1.82, 2.24) is 0 Å². The van der Waals surface area contributed by atoms with Crippen LogP contribution < -0.4 is 4.90 Å². The van der Waals surface area contributed by atoms with E-state index < -0.39 is 52.4 Å². The van der Waals surface area contributed by atoms with Gasteiger partial charge in [-0.3, -0.25) is 4.79 Å². The Morgan fingerprint density at radius 1 is 1.45 bits per heavy atom. The number of amides is 1. The summed E-state index contributed by atoms with van der Waals surface area (Å²) < 4.78 is 52.0. The number of halogens is 3. The Morgan fingerprint density at radius 3 is 2.68 bits per heavy atom. The SMILES string of the molecule is C=CCOC1CC2(C)OC1(C)[C@@H](C(=O)N(C)c1ccc(C#N)c(C(F)(F)F)c1)[C@H]2C=O. The number of benzene rings is 1. The van der Waals surface area contributed by atoms with Crippen molar-refractivity contribution in [3.8, 4) is 6.07 Å². The predicted octanol–water partition coefficient (Wildman–Crippen LogP) is 3.49. The lowest BCUT2D eigenvalue weighted by atomic mass is 9.66. The quantitative estimate of drug-likeness (QED) is 0.504. The van der Waals surface area contributed by atoms with E-state index >= 15 is 0 Å². The summed E-state index contributed by atoms with van der Waals surface area (Å²) in [4.78, 5) is 26.4. The highest BCUT2D eigenvalue weighted by Crippen LogP contribution is 2.58. The van der Waals surface area contributed by atoms with Crippen LogP contribution in [-0.4, -0.2) is 43.2 Å².